The Balaban J connectivity index is 0. The Morgan fingerprint density at radius 2 is 1.00 bits per heavy atom. The molecule has 0 aromatic carbocycles. The summed E-state index contributed by atoms with van der Waals surface area (Å²) in [6.45, 7) is 0. The molecule has 0 saturated carbocycles. The predicted octanol–water partition coefficient (Wildman–Crippen LogP) is -1.20. The maximum absolute atomic E-state index is 0. The van der Waals surface area contributed by atoms with Gasteiger partial charge in [-0.3, -0.25) is 0 Å². The maximum atomic E-state index is 0. The van der Waals surface area contributed by atoms with E-state index in [1.165, 1.54) is 0 Å². The third-order valence-corrected chi connectivity index (χ3v) is 0. The van der Waals surface area contributed by atoms with Gasteiger partial charge in [0.15, 0.2) is 17.4 Å². The van der Waals surface area contributed by atoms with E-state index in [2.05, 4.69) is 0 Å². The first-order chi connectivity index (χ1) is 0. The molecule has 51 valence electrons. The third kappa shape index (κ3) is 27.5. The van der Waals surface area contributed by atoms with Crippen molar-refractivity contribution in [3.63, 3.8) is 0 Å². The molecule has 0 aliphatic carbocycles. The Morgan fingerprint density at radius 3 is 1.00 bits per heavy atom. The molecule has 0 N–H and O–H groups in total. The van der Waals surface area contributed by atoms with Crippen molar-refractivity contribution in [2.75, 3.05) is 0 Å². The van der Waals surface area contributed by atoms with Gasteiger partial charge in [0, 0.05) is 84.5 Å². The first kappa shape index (κ1) is 62.3. The van der Waals surface area contributed by atoms with Gasteiger partial charge in [-0.15, -0.1) is 0 Å². The fourth-order valence-electron chi connectivity index (χ4n) is 0. The van der Waals surface area contributed by atoms with Crippen molar-refractivity contribution in [2.24, 2.45) is 0 Å². The van der Waals surface area contributed by atoms with E-state index in [0.717, 1.165) is 0 Å². The molecule has 6 heteroatoms. The second-order valence-corrected chi connectivity index (χ2v) is 0. The van der Waals surface area contributed by atoms with Crippen LogP contribution in [0.3, 0.4) is 0 Å². The average molecular weight is 322 g/mol. The van der Waals surface area contributed by atoms with Crippen molar-refractivity contribution in [1.82, 2.24) is 0 Å². The fourth-order valence-corrected chi connectivity index (χ4v) is 0. The van der Waals surface area contributed by atoms with Gasteiger partial charge in [-0.05, 0) is 0 Å². The van der Waals surface area contributed by atoms with Gasteiger partial charge in [-0.25, -0.2) is 0 Å². The number of hydrogen-bond acceptors (Lipinski definition) is 0. The molecule has 0 spiro atoms. The smallest absolute Gasteiger partial charge is 0 e. The molecule has 0 aliphatic rings. The Bertz CT molecular complexity index is 15.5. The summed E-state index contributed by atoms with van der Waals surface area (Å²) in [5.74, 6) is 0. The van der Waals surface area contributed by atoms with Crippen molar-refractivity contribution in [1.29, 1.82) is 0 Å². The number of rotatable bonds is 0. The van der Waals surface area contributed by atoms with Gasteiger partial charge in [-0.2, -0.15) is 0 Å². The van der Waals surface area contributed by atoms with E-state index >= 15 is 0 Å². The van der Waals surface area contributed by atoms with E-state index in [-0.39, 0.29) is 102 Å². The van der Waals surface area contributed by atoms with Gasteiger partial charge in [0.1, 0.15) is 0 Å². The molecule has 0 aliphatic heterocycles. The topological polar surface area (TPSA) is 0 Å². The zero-order valence-electron chi connectivity index (χ0n) is 1.68. The predicted molar refractivity (Wildman–Crippen MR) is 9.94 cm³/mol. The molecule has 0 atom stereocenters. The standard InChI is InChI=1S/Al.Co.Cu.Fe.Mn.Ni.3H. The second-order valence-electron chi connectivity index (χ2n) is 0. The molecule has 0 unspecified atom stereocenters. The van der Waals surface area contributed by atoms with Gasteiger partial charge >= 0.3 is 0 Å². The van der Waals surface area contributed by atoms with Crippen LogP contribution < -0.4 is 0 Å². The number of hydrogen-bond donors (Lipinski definition) is 0. The minimum absolute atomic E-state index is 0. The van der Waals surface area contributed by atoms with Crippen LogP contribution >= 0.6 is 0 Å². The Morgan fingerprint density at radius 1 is 1.00 bits per heavy atom. The molecule has 0 fully saturated rings. The normalized spacial score (nSPS) is 0. The zero-order chi connectivity index (χ0) is 0. The molecule has 0 aromatic heterocycles. The van der Waals surface area contributed by atoms with Crippen molar-refractivity contribution < 1.29 is 84.5 Å². The first-order valence-corrected chi connectivity index (χ1v) is 0. The van der Waals surface area contributed by atoms with Gasteiger partial charge < -0.3 is 0 Å². The van der Waals surface area contributed by atoms with Crippen molar-refractivity contribution in [3.05, 3.63) is 0 Å². The molecular formula is H3AlCoCuFeMnNi. The van der Waals surface area contributed by atoms with Crippen LogP contribution in [0.4, 0.5) is 0 Å². The molecule has 0 amide bonds. The Kier molecular flexibility index (Phi) is 442. The average Bonchev–Trinajstić information content (AvgIpc) is 0. The van der Waals surface area contributed by atoms with Crippen molar-refractivity contribution >= 4 is 17.4 Å². The van der Waals surface area contributed by atoms with Crippen LogP contribution in [0.5, 0.6) is 0 Å². The van der Waals surface area contributed by atoms with Crippen LogP contribution in [0, 0.1) is 0 Å². The summed E-state index contributed by atoms with van der Waals surface area (Å²) in [6.07, 6.45) is 0. The van der Waals surface area contributed by atoms with E-state index in [1.54, 1.807) is 0 Å². The maximum Gasteiger partial charge on any atom is 0.187 e. The minimum Gasteiger partial charge on any atom is 0 e. The molecule has 6 heavy (non-hydrogen) atoms. The second kappa shape index (κ2) is 42.6. The SMILES string of the molecule is [AlH3].[Co].[Cu].[Fe].[Mn].[Ni]. The molecular weight excluding hydrogens is 319 g/mol. The minimum atomic E-state index is 0. The first-order valence-electron chi connectivity index (χ1n) is 0. The quantitative estimate of drug-likeness (QED) is 0.492. The summed E-state index contributed by atoms with van der Waals surface area (Å²) in [5.41, 5.74) is 0. The fraction of sp³-hybridized carbons (Fsp3) is 0. The van der Waals surface area contributed by atoms with E-state index < -0.39 is 0 Å². The van der Waals surface area contributed by atoms with E-state index in [4.69, 9.17) is 0 Å². The largest absolute Gasteiger partial charge is 0.187 e. The molecule has 0 bridgehead atoms. The van der Waals surface area contributed by atoms with Crippen molar-refractivity contribution in [3.8, 4) is 0 Å². The van der Waals surface area contributed by atoms with Gasteiger partial charge in [0.25, 0.3) is 0 Å². The summed E-state index contributed by atoms with van der Waals surface area (Å²) in [7, 11) is 0. The van der Waals surface area contributed by atoms with Crippen LogP contribution in [0.2, 0.25) is 0 Å². The van der Waals surface area contributed by atoms with E-state index in [1.807, 2.05) is 0 Å². The van der Waals surface area contributed by atoms with Crippen LogP contribution in [0.25, 0.3) is 0 Å². The summed E-state index contributed by atoms with van der Waals surface area (Å²) >= 11 is 0. The van der Waals surface area contributed by atoms with Gasteiger partial charge in [-0.1, -0.05) is 0 Å². The molecule has 0 heterocycles. The van der Waals surface area contributed by atoms with Crippen LogP contribution in [-0.4, -0.2) is 17.4 Å². The summed E-state index contributed by atoms with van der Waals surface area (Å²) in [4.78, 5) is 0. The third-order valence-electron chi connectivity index (χ3n) is 0. The molecule has 0 saturated heterocycles. The van der Waals surface area contributed by atoms with Gasteiger partial charge in [0.2, 0.25) is 0 Å². The van der Waals surface area contributed by atoms with E-state index in [9.17, 15) is 0 Å². The van der Waals surface area contributed by atoms with E-state index in [0.29, 0.717) is 0 Å². The van der Waals surface area contributed by atoms with Crippen LogP contribution in [-0.2, 0) is 84.5 Å². The van der Waals surface area contributed by atoms with Crippen molar-refractivity contribution in [2.45, 2.75) is 0 Å². The summed E-state index contributed by atoms with van der Waals surface area (Å²) in [5, 5.41) is 0. The Labute approximate surface area is 100 Å². The molecule has 0 nitrogen and oxygen atoms in total. The Hall–Kier alpha value is 3.09. The van der Waals surface area contributed by atoms with Gasteiger partial charge in [0.05, 0.1) is 0 Å². The summed E-state index contributed by atoms with van der Waals surface area (Å²) < 4.78 is 0. The van der Waals surface area contributed by atoms with Crippen LogP contribution in [0.1, 0.15) is 0 Å². The summed E-state index contributed by atoms with van der Waals surface area (Å²) in [6, 6.07) is 0. The molecule has 3 radical (unpaired) electrons. The molecule has 0 rings (SSSR count). The van der Waals surface area contributed by atoms with Crippen LogP contribution in [0.15, 0.2) is 0 Å². The molecule has 0 aromatic rings. The monoisotopic (exact) mass is 321 g/mol. The zero-order valence-corrected chi connectivity index (χ0v) is 6.94.